The summed E-state index contributed by atoms with van der Waals surface area (Å²) in [7, 11) is 1.59. The van der Waals surface area contributed by atoms with Gasteiger partial charge in [-0.25, -0.2) is 9.18 Å². The van der Waals surface area contributed by atoms with Crippen molar-refractivity contribution >= 4 is 23.3 Å². The van der Waals surface area contributed by atoms with E-state index in [1.54, 1.807) is 31.3 Å². The minimum atomic E-state index is -1.68. The largest absolute Gasteiger partial charge is 0.456 e. The van der Waals surface area contributed by atoms with Gasteiger partial charge in [0.1, 0.15) is 29.7 Å². The summed E-state index contributed by atoms with van der Waals surface area (Å²) in [5, 5.41) is 10.1. The molecular formula is C22H15FN4O3. The van der Waals surface area contributed by atoms with E-state index < -0.39 is 23.1 Å². The average molecular weight is 402 g/mol. The van der Waals surface area contributed by atoms with Gasteiger partial charge in [0.15, 0.2) is 0 Å². The van der Waals surface area contributed by atoms with Crippen LogP contribution in [0.4, 0.5) is 15.8 Å². The summed E-state index contributed by atoms with van der Waals surface area (Å²) >= 11 is 0. The Morgan fingerprint density at radius 1 is 1.17 bits per heavy atom. The van der Waals surface area contributed by atoms with Gasteiger partial charge in [-0.05, 0) is 30.3 Å². The number of nitrogens with two attached hydrogens (primary N) is 1. The molecule has 0 bridgehead atoms. The van der Waals surface area contributed by atoms with Gasteiger partial charge in [0, 0.05) is 24.0 Å². The Hall–Kier alpha value is -4.12. The van der Waals surface area contributed by atoms with Crippen molar-refractivity contribution in [1.29, 1.82) is 5.26 Å². The van der Waals surface area contributed by atoms with Crippen LogP contribution in [0.15, 0.2) is 71.2 Å². The van der Waals surface area contributed by atoms with Crippen LogP contribution in [0.3, 0.4) is 0 Å². The van der Waals surface area contributed by atoms with E-state index in [-0.39, 0.29) is 23.6 Å². The van der Waals surface area contributed by atoms with Crippen molar-refractivity contribution in [2.75, 3.05) is 23.5 Å². The van der Waals surface area contributed by atoms with Crippen molar-refractivity contribution in [3.8, 4) is 6.07 Å². The SMILES string of the molecule is CN1C(=O)[C@]2(C(C#N)=C(N)N(c3ccc(F)cc3)C3=C2C(=O)OC3)c2ccccc21. The molecule has 0 aromatic heterocycles. The predicted octanol–water partition coefficient (Wildman–Crippen LogP) is 2.06. The van der Waals surface area contributed by atoms with Crippen molar-refractivity contribution in [1.82, 2.24) is 0 Å². The Kier molecular flexibility index (Phi) is 3.55. The number of hydrogen-bond acceptors (Lipinski definition) is 6. The smallest absolute Gasteiger partial charge is 0.338 e. The minimum Gasteiger partial charge on any atom is -0.456 e. The number of esters is 1. The van der Waals surface area contributed by atoms with Crippen LogP contribution in [0.2, 0.25) is 0 Å². The van der Waals surface area contributed by atoms with Crippen molar-refractivity contribution in [3.63, 3.8) is 0 Å². The van der Waals surface area contributed by atoms with Gasteiger partial charge in [0.2, 0.25) is 5.91 Å². The number of hydrogen-bond donors (Lipinski definition) is 1. The van der Waals surface area contributed by atoms with Crippen LogP contribution in [0.1, 0.15) is 5.56 Å². The summed E-state index contributed by atoms with van der Waals surface area (Å²) in [5.74, 6) is -1.58. The standard InChI is InChI=1S/C22H15FN4O3/c1-26-16-5-3-2-4-14(16)22(21(26)29)15(10-24)19(25)27(13-8-6-12(23)7-9-13)17-11-30-20(28)18(17)22/h2-9H,11,25H2,1H3/t22-/m0/s1. The molecule has 0 radical (unpaired) electrons. The number of nitrogens with zero attached hydrogens (tertiary/aromatic N) is 3. The zero-order valence-corrected chi connectivity index (χ0v) is 15.8. The molecular weight excluding hydrogens is 387 g/mol. The molecule has 7 nitrogen and oxygen atoms in total. The number of para-hydroxylation sites is 1. The lowest BCUT2D eigenvalue weighted by atomic mass is 9.67. The molecule has 0 aliphatic carbocycles. The second-order valence-electron chi connectivity index (χ2n) is 7.21. The Bertz CT molecular complexity index is 1240. The normalized spacial score (nSPS) is 22.4. The summed E-state index contributed by atoms with van der Waals surface area (Å²) < 4.78 is 18.8. The summed E-state index contributed by atoms with van der Waals surface area (Å²) in [6, 6.07) is 14.5. The lowest BCUT2D eigenvalue weighted by Gasteiger charge is -2.38. The number of nitriles is 1. The number of likely N-dealkylation sites (N-methyl/N-ethyl adjacent to an activating group) is 1. The van der Waals surface area contributed by atoms with Crippen molar-refractivity contribution in [2.24, 2.45) is 5.73 Å². The van der Waals surface area contributed by atoms with Crippen LogP contribution in [0, 0.1) is 17.1 Å². The molecule has 0 unspecified atom stereocenters. The third kappa shape index (κ3) is 1.96. The number of fused-ring (bicyclic) bond motifs is 3. The highest BCUT2D eigenvalue weighted by molar-refractivity contribution is 6.19. The quantitative estimate of drug-likeness (QED) is 0.733. The highest BCUT2D eigenvalue weighted by atomic mass is 19.1. The van der Waals surface area contributed by atoms with Gasteiger partial charge in [-0.15, -0.1) is 0 Å². The van der Waals surface area contributed by atoms with E-state index in [0.717, 1.165) is 0 Å². The van der Waals surface area contributed by atoms with Crippen molar-refractivity contribution in [3.05, 3.63) is 82.6 Å². The lowest BCUT2D eigenvalue weighted by molar-refractivity contribution is -0.137. The molecule has 2 aromatic carbocycles. The molecule has 148 valence electrons. The number of benzene rings is 2. The first-order chi connectivity index (χ1) is 14.4. The average Bonchev–Trinajstić information content (AvgIpc) is 3.23. The Labute approximate surface area is 171 Å². The first-order valence-electron chi connectivity index (χ1n) is 9.17. The van der Waals surface area contributed by atoms with E-state index in [9.17, 15) is 19.2 Å². The van der Waals surface area contributed by atoms with Crippen molar-refractivity contribution in [2.45, 2.75) is 5.41 Å². The first-order valence-corrected chi connectivity index (χ1v) is 9.17. The summed E-state index contributed by atoms with van der Waals surface area (Å²) in [5.41, 5.74) is 6.68. The van der Waals surface area contributed by atoms with E-state index in [0.29, 0.717) is 22.6 Å². The Balaban J connectivity index is 1.87. The maximum Gasteiger partial charge on any atom is 0.338 e. The monoisotopic (exact) mass is 402 g/mol. The molecule has 2 N–H and O–H groups in total. The molecule has 3 heterocycles. The van der Waals surface area contributed by atoms with E-state index in [1.165, 1.54) is 34.1 Å². The summed E-state index contributed by atoms with van der Waals surface area (Å²) in [6.45, 7) is -0.119. The maximum absolute atomic E-state index is 13.6. The first kappa shape index (κ1) is 17.9. The molecule has 2 aromatic rings. The fourth-order valence-corrected chi connectivity index (χ4v) is 4.59. The van der Waals surface area contributed by atoms with E-state index in [1.807, 2.05) is 0 Å². The van der Waals surface area contributed by atoms with Gasteiger partial charge < -0.3 is 15.4 Å². The van der Waals surface area contributed by atoms with Crippen molar-refractivity contribution < 1.29 is 18.7 Å². The molecule has 3 aliphatic rings. The number of cyclic esters (lactones) is 1. The Morgan fingerprint density at radius 3 is 2.57 bits per heavy atom. The molecule has 1 amide bonds. The molecule has 0 saturated carbocycles. The molecule has 8 heteroatoms. The van der Waals surface area contributed by atoms with Gasteiger partial charge in [-0.1, -0.05) is 18.2 Å². The third-order valence-corrected chi connectivity index (χ3v) is 5.84. The zero-order chi connectivity index (χ0) is 21.2. The second-order valence-corrected chi connectivity index (χ2v) is 7.21. The van der Waals surface area contributed by atoms with Gasteiger partial charge in [0.05, 0.1) is 16.8 Å². The van der Waals surface area contributed by atoms with E-state index in [4.69, 9.17) is 10.5 Å². The van der Waals surface area contributed by atoms with Crippen LogP contribution in [0.5, 0.6) is 0 Å². The van der Waals surface area contributed by atoms with Gasteiger partial charge in [-0.3, -0.25) is 9.69 Å². The molecule has 0 fully saturated rings. The summed E-state index contributed by atoms with van der Waals surface area (Å²) in [6.07, 6.45) is 0. The molecule has 0 saturated heterocycles. The van der Waals surface area contributed by atoms with Gasteiger partial charge in [0.25, 0.3) is 0 Å². The predicted molar refractivity (Wildman–Crippen MR) is 105 cm³/mol. The van der Waals surface area contributed by atoms with E-state index >= 15 is 0 Å². The highest BCUT2D eigenvalue weighted by Crippen LogP contribution is 2.55. The number of anilines is 2. The molecule has 3 aliphatic heterocycles. The van der Waals surface area contributed by atoms with Crippen LogP contribution in [0.25, 0.3) is 0 Å². The number of carbonyl (C=O) groups is 2. The number of ether oxygens (including phenoxy) is 1. The molecule has 1 atom stereocenters. The molecule has 1 spiro atoms. The lowest BCUT2D eigenvalue weighted by Crippen LogP contribution is -2.50. The second kappa shape index (κ2) is 5.94. The van der Waals surface area contributed by atoms with Gasteiger partial charge in [-0.2, -0.15) is 5.26 Å². The Morgan fingerprint density at radius 2 is 1.87 bits per heavy atom. The fraction of sp³-hybridized carbons (Fsp3) is 0.136. The molecule has 5 rings (SSSR count). The number of carbonyl (C=O) groups excluding carboxylic acids is 2. The number of halogens is 1. The fourth-order valence-electron chi connectivity index (χ4n) is 4.59. The molecule has 30 heavy (non-hydrogen) atoms. The zero-order valence-electron chi connectivity index (χ0n) is 15.8. The third-order valence-electron chi connectivity index (χ3n) is 5.84. The van der Waals surface area contributed by atoms with Crippen LogP contribution >= 0.6 is 0 Å². The van der Waals surface area contributed by atoms with Crippen LogP contribution in [-0.4, -0.2) is 25.5 Å². The van der Waals surface area contributed by atoms with Gasteiger partial charge >= 0.3 is 5.97 Å². The topological polar surface area (TPSA) is 99.7 Å². The van der Waals surface area contributed by atoms with E-state index in [2.05, 4.69) is 6.07 Å². The minimum absolute atomic E-state index is 0.000360. The maximum atomic E-state index is 13.6. The van der Waals surface area contributed by atoms with Crippen LogP contribution < -0.4 is 15.5 Å². The number of amides is 1. The number of rotatable bonds is 1. The van der Waals surface area contributed by atoms with Crippen LogP contribution in [-0.2, 0) is 19.7 Å². The highest BCUT2D eigenvalue weighted by Gasteiger charge is 2.63. The summed E-state index contributed by atoms with van der Waals surface area (Å²) in [4.78, 5) is 29.4.